The van der Waals surface area contributed by atoms with E-state index < -0.39 is 23.2 Å². The first-order valence-electron chi connectivity index (χ1n) is 7.93. The van der Waals surface area contributed by atoms with E-state index in [1.54, 1.807) is 4.57 Å². The van der Waals surface area contributed by atoms with E-state index in [1.807, 2.05) is 6.92 Å². The smallest absolute Gasteiger partial charge is 0.300 e. The second kappa shape index (κ2) is 7.73. The molecule has 27 heavy (non-hydrogen) atoms. The molecule has 0 fully saturated rings. The van der Waals surface area contributed by atoms with Crippen LogP contribution in [0.4, 0.5) is 13.2 Å². The summed E-state index contributed by atoms with van der Waals surface area (Å²) in [6.07, 6.45) is 0.719. The maximum atomic E-state index is 13.2. The van der Waals surface area contributed by atoms with Crippen molar-refractivity contribution in [1.82, 2.24) is 19.5 Å². The van der Waals surface area contributed by atoms with Gasteiger partial charge in [0.1, 0.15) is 5.15 Å². The van der Waals surface area contributed by atoms with Crippen molar-refractivity contribution in [2.24, 2.45) is 4.99 Å². The van der Waals surface area contributed by atoms with Gasteiger partial charge in [0, 0.05) is 25.1 Å². The number of aryl methyl sites for hydroxylation is 1. The summed E-state index contributed by atoms with van der Waals surface area (Å²) >= 11 is 6.64. The van der Waals surface area contributed by atoms with Crippen LogP contribution in [0.25, 0.3) is 10.5 Å². The fourth-order valence-corrected chi connectivity index (χ4v) is 3.51. The van der Waals surface area contributed by atoms with Crippen molar-refractivity contribution in [2.45, 2.75) is 32.5 Å². The van der Waals surface area contributed by atoms with E-state index in [-0.39, 0.29) is 9.95 Å². The minimum absolute atomic E-state index is 0.234. The molecule has 0 aliphatic carbocycles. The molecular formula is C16H13ClF3N5OS. The van der Waals surface area contributed by atoms with Crippen LogP contribution in [0.5, 0.6) is 0 Å². The third kappa shape index (κ3) is 4.16. The van der Waals surface area contributed by atoms with E-state index in [4.69, 9.17) is 11.6 Å². The number of rotatable bonds is 4. The van der Waals surface area contributed by atoms with Gasteiger partial charge in [-0.25, -0.2) is 15.0 Å². The topological polar surface area (TPSA) is 73.0 Å². The Kier molecular flexibility index (Phi) is 5.56. The van der Waals surface area contributed by atoms with Crippen molar-refractivity contribution in [3.8, 4) is 0 Å². The lowest BCUT2D eigenvalue weighted by Gasteiger charge is -2.10. The zero-order valence-electron chi connectivity index (χ0n) is 14.0. The van der Waals surface area contributed by atoms with Gasteiger partial charge in [0.2, 0.25) is 0 Å². The number of nitrogens with zero attached hydrogens (tertiary/aromatic N) is 5. The normalized spacial score (nSPS) is 12.7. The standard InChI is InChI=1S/C16H13ClF3N5OS/c1-2-3-6-25-12-14(22-5-4-21-12)27-15(25)24-13(26)9-8-23-11(17)7-10(9)16(18,19)20/h4-5,7-8H,2-3,6H2,1H3/b24-15-. The van der Waals surface area contributed by atoms with Crippen molar-refractivity contribution in [2.75, 3.05) is 0 Å². The Labute approximate surface area is 160 Å². The van der Waals surface area contributed by atoms with E-state index in [2.05, 4.69) is 19.9 Å². The zero-order valence-corrected chi connectivity index (χ0v) is 15.6. The predicted molar refractivity (Wildman–Crippen MR) is 94.5 cm³/mol. The van der Waals surface area contributed by atoms with Crippen molar-refractivity contribution in [3.63, 3.8) is 0 Å². The molecule has 3 rings (SSSR count). The van der Waals surface area contributed by atoms with E-state index in [0.717, 1.165) is 30.4 Å². The van der Waals surface area contributed by atoms with Crippen LogP contribution in [0.1, 0.15) is 35.7 Å². The number of carbonyl (C=O) groups excluding carboxylic acids is 1. The number of alkyl halides is 3. The highest BCUT2D eigenvalue weighted by atomic mass is 35.5. The minimum Gasteiger partial charge on any atom is -0.300 e. The van der Waals surface area contributed by atoms with Crippen LogP contribution in [-0.2, 0) is 12.7 Å². The molecule has 0 radical (unpaired) electrons. The molecule has 11 heteroatoms. The maximum Gasteiger partial charge on any atom is 0.417 e. The van der Waals surface area contributed by atoms with E-state index >= 15 is 0 Å². The number of amides is 1. The number of aromatic nitrogens is 4. The van der Waals surface area contributed by atoms with Crippen LogP contribution < -0.4 is 4.80 Å². The molecule has 6 nitrogen and oxygen atoms in total. The number of hydrogen-bond acceptors (Lipinski definition) is 5. The van der Waals surface area contributed by atoms with Crippen LogP contribution in [0.2, 0.25) is 5.15 Å². The molecule has 1 amide bonds. The highest BCUT2D eigenvalue weighted by molar-refractivity contribution is 7.15. The average molecular weight is 416 g/mol. The second-order valence-electron chi connectivity index (χ2n) is 5.54. The Hall–Kier alpha value is -2.33. The van der Waals surface area contributed by atoms with Gasteiger partial charge in [-0.3, -0.25) is 9.36 Å². The largest absolute Gasteiger partial charge is 0.417 e. The summed E-state index contributed by atoms with van der Waals surface area (Å²) in [5, 5.41) is -0.354. The molecule has 0 saturated heterocycles. The Balaban J connectivity index is 2.14. The number of carbonyl (C=O) groups is 1. The quantitative estimate of drug-likeness (QED) is 0.601. The van der Waals surface area contributed by atoms with E-state index in [0.29, 0.717) is 23.1 Å². The molecule has 0 spiro atoms. The summed E-state index contributed by atoms with van der Waals surface area (Å²) in [4.78, 5) is 29.2. The molecule has 0 bridgehead atoms. The zero-order chi connectivity index (χ0) is 19.6. The van der Waals surface area contributed by atoms with Gasteiger partial charge < -0.3 is 0 Å². The van der Waals surface area contributed by atoms with Gasteiger partial charge in [-0.1, -0.05) is 36.3 Å². The summed E-state index contributed by atoms with van der Waals surface area (Å²) in [5.74, 6) is -1.05. The number of thiazole rings is 1. The first kappa shape index (κ1) is 19.4. The highest BCUT2D eigenvalue weighted by Crippen LogP contribution is 2.33. The number of unbranched alkanes of at least 4 members (excludes halogenated alkanes) is 1. The third-order valence-electron chi connectivity index (χ3n) is 3.66. The molecular weight excluding hydrogens is 403 g/mol. The molecule has 3 aromatic heterocycles. The minimum atomic E-state index is -4.76. The van der Waals surface area contributed by atoms with Gasteiger partial charge in [-0.05, 0) is 12.5 Å². The molecule has 0 aliphatic heterocycles. The molecule has 3 aromatic rings. The van der Waals surface area contributed by atoms with Gasteiger partial charge >= 0.3 is 6.18 Å². The monoisotopic (exact) mass is 415 g/mol. The molecule has 3 heterocycles. The Morgan fingerprint density at radius 3 is 2.74 bits per heavy atom. The lowest BCUT2D eigenvalue weighted by atomic mass is 10.1. The Morgan fingerprint density at radius 1 is 1.30 bits per heavy atom. The van der Waals surface area contributed by atoms with Crippen molar-refractivity contribution >= 4 is 39.3 Å². The van der Waals surface area contributed by atoms with Gasteiger partial charge in [0.05, 0.1) is 11.1 Å². The van der Waals surface area contributed by atoms with Gasteiger partial charge in [0.25, 0.3) is 5.91 Å². The van der Waals surface area contributed by atoms with Crippen molar-refractivity contribution in [3.05, 3.63) is 45.7 Å². The summed E-state index contributed by atoms with van der Waals surface area (Å²) in [5.41, 5.74) is -1.30. The number of fused-ring (bicyclic) bond motifs is 1. The lowest BCUT2D eigenvalue weighted by molar-refractivity contribution is -0.138. The molecule has 0 saturated carbocycles. The lowest BCUT2D eigenvalue weighted by Crippen LogP contribution is -2.19. The van der Waals surface area contributed by atoms with Crippen LogP contribution in [0.15, 0.2) is 29.6 Å². The van der Waals surface area contributed by atoms with E-state index in [9.17, 15) is 18.0 Å². The van der Waals surface area contributed by atoms with Crippen molar-refractivity contribution < 1.29 is 18.0 Å². The van der Waals surface area contributed by atoms with E-state index in [1.165, 1.54) is 12.4 Å². The second-order valence-corrected chi connectivity index (χ2v) is 6.89. The van der Waals surface area contributed by atoms with Crippen LogP contribution >= 0.6 is 22.9 Å². The number of halogens is 4. The fraction of sp³-hybridized carbons (Fsp3) is 0.312. The first-order valence-corrected chi connectivity index (χ1v) is 9.13. The summed E-state index contributed by atoms with van der Waals surface area (Å²) in [7, 11) is 0. The SMILES string of the molecule is CCCCn1/c(=N/C(=O)c2cnc(Cl)cc2C(F)(F)F)sc2nccnc21. The molecule has 0 aromatic carbocycles. The summed E-state index contributed by atoms with van der Waals surface area (Å²) in [6, 6.07) is 0.615. The molecule has 0 N–H and O–H groups in total. The average Bonchev–Trinajstić information content (AvgIpc) is 2.96. The van der Waals surface area contributed by atoms with Crippen LogP contribution in [0, 0.1) is 0 Å². The molecule has 0 atom stereocenters. The summed E-state index contributed by atoms with van der Waals surface area (Å²) in [6.45, 7) is 2.52. The van der Waals surface area contributed by atoms with Crippen LogP contribution in [-0.4, -0.2) is 25.4 Å². The maximum absolute atomic E-state index is 13.2. The number of pyridine rings is 1. The molecule has 0 aliphatic rings. The van der Waals surface area contributed by atoms with Crippen molar-refractivity contribution in [1.29, 1.82) is 0 Å². The summed E-state index contributed by atoms with van der Waals surface area (Å²) < 4.78 is 41.4. The Bertz CT molecular complexity index is 1060. The first-order chi connectivity index (χ1) is 12.8. The molecule has 0 unspecified atom stereocenters. The third-order valence-corrected chi connectivity index (χ3v) is 4.84. The predicted octanol–water partition coefficient (Wildman–Crippen LogP) is 4.10. The fourth-order valence-electron chi connectivity index (χ4n) is 2.39. The van der Waals surface area contributed by atoms with Crippen LogP contribution in [0.3, 0.4) is 0 Å². The highest BCUT2D eigenvalue weighted by Gasteiger charge is 2.36. The number of hydrogen-bond donors (Lipinski definition) is 0. The van der Waals surface area contributed by atoms with Gasteiger partial charge in [0.15, 0.2) is 15.3 Å². The van der Waals surface area contributed by atoms with Gasteiger partial charge in [-0.2, -0.15) is 18.2 Å². The molecule has 142 valence electrons. The Morgan fingerprint density at radius 2 is 2.04 bits per heavy atom. The van der Waals surface area contributed by atoms with Gasteiger partial charge in [-0.15, -0.1) is 0 Å².